The molecule has 0 bridgehead atoms. The first-order valence-electron chi connectivity index (χ1n) is 28.5. The summed E-state index contributed by atoms with van der Waals surface area (Å²) in [5.41, 5.74) is 0. The molecule has 0 aromatic rings. The Kier molecular flexibility index (Phi) is 45.9. The molecule has 1 rings (SSSR count). The van der Waals surface area contributed by atoms with Gasteiger partial charge in [-0.3, -0.25) is 9.35 Å². The quantitative estimate of drug-likeness (QED) is 0.0196. The third-order valence-electron chi connectivity index (χ3n) is 12.9. The number of ether oxygens (including phenoxy) is 4. The summed E-state index contributed by atoms with van der Waals surface area (Å²) in [7, 11) is -5.07. The van der Waals surface area contributed by atoms with Gasteiger partial charge in [0, 0.05) is 13.0 Å². The summed E-state index contributed by atoms with van der Waals surface area (Å²) in [6, 6.07) is 0. The van der Waals surface area contributed by atoms with E-state index < -0.39 is 59.8 Å². The summed E-state index contributed by atoms with van der Waals surface area (Å²) in [6.45, 7) is 3.88. The maximum Gasteiger partial charge on any atom is 0.397 e. The van der Waals surface area contributed by atoms with Gasteiger partial charge in [0.05, 0.1) is 19.8 Å². The monoisotopic (exact) mass is 1020 g/mol. The van der Waals surface area contributed by atoms with Crippen LogP contribution in [0.15, 0.2) is 60.8 Å². The molecule has 0 amide bonds. The van der Waals surface area contributed by atoms with Crippen LogP contribution in [-0.2, 0) is 38.3 Å². The summed E-state index contributed by atoms with van der Waals surface area (Å²) >= 11 is 0. The van der Waals surface area contributed by atoms with E-state index in [1.165, 1.54) is 122 Å². The van der Waals surface area contributed by atoms with Gasteiger partial charge < -0.3 is 34.3 Å². The zero-order valence-corrected chi connectivity index (χ0v) is 45.6. The van der Waals surface area contributed by atoms with E-state index in [1.807, 2.05) is 0 Å². The Morgan fingerprint density at radius 2 is 0.972 bits per heavy atom. The third kappa shape index (κ3) is 41.8. The van der Waals surface area contributed by atoms with Crippen LogP contribution in [0.5, 0.6) is 0 Å². The fourth-order valence-corrected chi connectivity index (χ4v) is 9.15. The summed E-state index contributed by atoms with van der Waals surface area (Å²) in [5.74, 6) is -0.402. The molecule has 0 spiro atoms. The van der Waals surface area contributed by atoms with E-state index in [9.17, 15) is 33.1 Å². The number of esters is 1. The van der Waals surface area contributed by atoms with Crippen molar-refractivity contribution in [3.8, 4) is 0 Å². The van der Waals surface area contributed by atoms with E-state index in [-0.39, 0.29) is 19.6 Å². The van der Waals surface area contributed by atoms with Crippen LogP contribution < -0.4 is 0 Å². The first-order chi connectivity index (χ1) is 34.6. The molecule has 4 N–H and O–H groups in total. The average molecular weight is 1030 g/mol. The number of carbonyl (C=O) groups is 1. The number of allylic oxidation sites excluding steroid dienone is 10. The Labute approximate surface area is 433 Å². The molecule has 71 heavy (non-hydrogen) atoms. The fourth-order valence-electron chi connectivity index (χ4n) is 8.64. The Balaban J connectivity index is 2.32. The second-order valence-electron chi connectivity index (χ2n) is 19.5. The van der Waals surface area contributed by atoms with Crippen LogP contribution in [0.2, 0.25) is 0 Å². The molecule has 0 radical (unpaired) electrons. The molecule has 12 nitrogen and oxygen atoms in total. The molecule has 0 aromatic heterocycles. The topological polar surface area (TPSA) is 178 Å². The number of aliphatic hydroxyl groups is 3. The van der Waals surface area contributed by atoms with E-state index in [2.05, 4.69) is 78.8 Å². The lowest BCUT2D eigenvalue weighted by Gasteiger charge is -2.41. The number of hydrogen-bond acceptors (Lipinski definition) is 11. The van der Waals surface area contributed by atoms with E-state index in [1.54, 1.807) is 0 Å². The maximum atomic E-state index is 13.0. The number of carbonyl (C=O) groups excluding carboxylic acids is 1. The standard InChI is InChI=1S/C58H104O12S/c1-3-5-7-9-11-13-15-17-19-21-23-25-27-29-31-33-35-37-39-41-43-45-47-54(60)68-52(51-67-58-56(62)57(70-71(63,64)65)55(61)53(49-59)69-58)50-66-48-46-44-42-40-38-36-34-32-30-28-26-24-22-20-18-16-14-12-10-8-6-4-2/h6,8,12,14,18,20,24,26,30,32,52-53,55-59,61-62H,3-5,7,9-11,13,15-17,19,21-23,25,27-29,31,33-51H2,1-2H3,(H,63,64,65)/b8-6-,14-12-,20-18-,26-24-,32-30-. The predicted octanol–water partition coefficient (Wildman–Crippen LogP) is 14.0. The Hall–Kier alpha value is -2.20. The number of aliphatic hydroxyl groups excluding tert-OH is 3. The van der Waals surface area contributed by atoms with Crippen molar-refractivity contribution in [2.45, 2.75) is 275 Å². The molecular formula is C58H104O12S. The highest BCUT2D eigenvalue weighted by Crippen LogP contribution is 2.26. The van der Waals surface area contributed by atoms with Crippen molar-refractivity contribution in [1.82, 2.24) is 0 Å². The molecule has 0 aromatic carbocycles. The van der Waals surface area contributed by atoms with Gasteiger partial charge in [0.25, 0.3) is 0 Å². The maximum absolute atomic E-state index is 13.0. The molecule has 13 heteroatoms. The molecule has 6 atom stereocenters. The fraction of sp³-hybridized carbons (Fsp3) is 0.810. The first-order valence-corrected chi connectivity index (χ1v) is 29.9. The van der Waals surface area contributed by atoms with Gasteiger partial charge >= 0.3 is 16.4 Å². The van der Waals surface area contributed by atoms with Gasteiger partial charge in [-0.1, -0.05) is 235 Å². The Bertz CT molecular complexity index is 1460. The largest absolute Gasteiger partial charge is 0.457 e. The van der Waals surface area contributed by atoms with Crippen LogP contribution in [0.4, 0.5) is 0 Å². The van der Waals surface area contributed by atoms with Crippen LogP contribution in [0.25, 0.3) is 0 Å². The van der Waals surface area contributed by atoms with Crippen molar-refractivity contribution >= 4 is 16.4 Å². The highest BCUT2D eigenvalue weighted by atomic mass is 32.3. The molecule has 1 fully saturated rings. The highest BCUT2D eigenvalue weighted by Gasteiger charge is 2.48. The molecule has 1 aliphatic heterocycles. The van der Waals surface area contributed by atoms with Crippen molar-refractivity contribution in [2.75, 3.05) is 26.4 Å². The Morgan fingerprint density at radius 1 is 0.549 bits per heavy atom. The number of rotatable bonds is 50. The average Bonchev–Trinajstić information content (AvgIpc) is 3.35. The summed E-state index contributed by atoms with van der Waals surface area (Å²) in [5, 5.41) is 30.8. The summed E-state index contributed by atoms with van der Waals surface area (Å²) in [6.07, 6.45) is 54.0. The molecule has 6 unspecified atom stereocenters. The van der Waals surface area contributed by atoms with Gasteiger partial charge in [0.15, 0.2) is 6.29 Å². The van der Waals surface area contributed by atoms with Gasteiger partial charge in [-0.15, -0.1) is 0 Å². The summed E-state index contributed by atoms with van der Waals surface area (Å²) in [4.78, 5) is 13.0. The van der Waals surface area contributed by atoms with E-state index in [4.69, 9.17) is 18.9 Å². The number of unbranched alkanes of at least 4 members (excludes halogenated alkanes) is 27. The smallest absolute Gasteiger partial charge is 0.397 e. The van der Waals surface area contributed by atoms with Crippen LogP contribution in [0.3, 0.4) is 0 Å². The van der Waals surface area contributed by atoms with Crippen LogP contribution in [0, 0.1) is 0 Å². The second kappa shape index (κ2) is 48.7. The predicted molar refractivity (Wildman–Crippen MR) is 289 cm³/mol. The van der Waals surface area contributed by atoms with Crippen molar-refractivity contribution in [3.05, 3.63) is 60.8 Å². The second-order valence-corrected chi connectivity index (χ2v) is 20.6. The van der Waals surface area contributed by atoms with Gasteiger partial charge in [-0.05, 0) is 57.8 Å². The molecule has 1 saturated heterocycles. The van der Waals surface area contributed by atoms with E-state index in [0.29, 0.717) is 13.0 Å². The minimum absolute atomic E-state index is 0.0260. The molecule has 1 heterocycles. The molecule has 0 saturated carbocycles. The van der Waals surface area contributed by atoms with Crippen molar-refractivity contribution in [1.29, 1.82) is 0 Å². The Morgan fingerprint density at radius 3 is 1.42 bits per heavy atom. The molecular weight excluding hydrogens is 921 g/mol. The minimum Gasteiger partial charge on any atom is -0.457 e. The zero-order chi connectivity index (χ0) is 51.7. The van der Waals surface area contributed by atoms with Gasteiger partial charge in [-0.25, -0.2) is 4.18 Å². The minimum atomic E-state index is -5.07. The van der Waals surface area contributed by atoms with Crippen molar-refractivity contribution in [3.63, 3.8) is 0 Å². The third-order valence-corrected chi connectivity index (χ3v) is 13.4. The van der Waals surface area contributed by atoms with Gasteiger partial charge in [-0.2, -0.15) is 8.42 Å². The van der Waals surface area contributed by atoms with Crippen molar-refractivity contribution < 1.29 is 56.2 Å². The van der Waals surface area contributed by atoms with E-state index in [0.717, 1.165) is 89.9 Å². The van der Waals surface area contributed by atoms with Crippen LogP contribution in [0.1, 0.15) is 239 Å². The first kappa shape index (κ1) is 66.8. The highest BCUT2D eigenvalue weighted by molar-refractivity contribution is 7.80. The van der Waals surface area contributed by atoms with Gasteiger partial charge in [0.1, 0.15) is 30.5 Å². The van der Waals surface area contributed by atoms with Crippen LogP contribution in [-0.4, -0.2) is 97.5 Å². The van der Waals surface area contributed by atoms with E-state index >= 15 is 0 Å². The van der Waals surface area contributed by atoms with Crippen molar-refractivity contribution in [2.24, 2.45) is 0 Å². The normalized spacial score (nSPS) is 19.4. The lowest BCUT2D eigenvalue weighted by Crippen LogP contribution is -2.60. The summed E-state index contributed by atoms with van der Waals surface area (Å²) < 4.78 is 59.4. The lowest BCUT2D eigenvalue weighted by atomic mass is 9.99. The molecule has 414 valence electrons. The van der Waals surface area contributed by atoms with Crippen LogP contribution >= 0.6 is 0 Å². The lowest BCUT2D eigenvalue weighted by molar-refractivity contribution is -0.301. The number of hydrogen-bond donors (Lipinski definition) is 4. The molecule has 0 aliphatic carbocycles. The zero-order valence-electron chi connectivity index (χ0n) is 44.8. The SMILES string of the molecule is CC/C=C\C/C=C\C/C=C\C/C=C\C/C=C\CCCCCCCCOCC(COC1OC(CO)C(O)C(OS(=O)(=O)O)C1O)OC(=O)CCCCCCCCCCCCCCCCCCCCCCCC. The molecule has 1 aliphatic rings. The van der Waals surface area contributed by atoms with Gasteiger partial charge in [0.2, 0.25) is 0 Å².